The lowest BCUT2D eigenvalue weighted by atomic mass is 10.1. The molecule has 1 nitrogen and oxygen atoms in total. The molecular formula is C10H13ClFN. The second-order valence-corrected chi connectivity index (χ2v) is 3.69. The summed E-state index contributed by atoms with van der Waals surface area (Å²) in [7, 11) is 0. The lowest BCUT2D eigenvalue weighted by Crippen LogP contribution is -2.15. The van der Waals surface area contributed by atoms with Gasteiger partial charge in [0.1, 0.15) is 5.82 Å². The molecule has 2 N–H and O–H groups in total. The average molecular weight is 202 g/mol. The highest BCUT2D eigenvalue weighted by Gasteiger charge is 2.03. The molecule has 0 amide bonds. The topological polar surface area (TPSA) is 26.0 Å². The molecule has 0 heterocycles. The summed E-state index contributed by atoms with van der Waals surface area (Å²) in [5.74, 6) is -0.242. The van der Waals surface area contributed by atoms with Crippen LogP contribution in [0, 0.1) is 5.82 Å². The minimum atomic E-state index is -0.242. The summed E-state index contributed by atoms with van der Waals surface area (Å²) in [6, 6.07) is 4.84. The molecule has 1 aromatic rings. The SMILES string of the molecule is C[C@@H](N)CCc1ccc(Cl)cc1F. The zero-order chi connectivity index (χ0) is 9.84. The number of rotatable bonds is 3. The first-order chi connectivity index (χ1) is 6.09. The van der Waals surface area contributed by atoms with E-state index in [1.807, 2.05) is 6.92 Å². The first-order valence-electron chi connectivity index (χ1n) is 4.29. The van der Waals surface area contributed by atoms with E-state index in [0.717, 1.165) is 6.42 Å². The zero-order valence-electron chi connectivity index (χ0n) is 7.56. The van der Waals surface area contributed by atoms with Gasteiger partial charge in [-0.25, -0.2) is 4.39 Å². The summed E-state index contributed by atoms with van der Waals surface area (Å²) in [6.07, 6.45) is 1.46. The Morgan fingerprint density at radius 1 is 1.54 bits per heavy atom. The monoisotopic (exact) mass is 201 g/mol. The highest BCUT2D eigenvalue weighted by atomic mass is 35.5. The van der Waals surface area contributed by atoms with Crippen LogP contribution in [0.15, 0.2) is 18.2 Å². The van der Waals surface area contributed by atoms with Crippen molar-refractivity contribution in [2.45, 2.75) is 25.8 Å². The molecule has 72 valence electrons. The van der Waals surface area contributed by atoms with Crippen molar-refractivity contribution in [3.63, 3.8) is 0 Å². The van der Waals surface area contributed by atoms with Crippen LogP contribution in [0.1, 0.15) is 18.9 Å². The normalized spacial score (nSPS) is 12.9. The largest absolute Gasteiger partial charge is 0.328 e. The molecule has 0 bridgehead atoms. The third kappa shape index (κ3) is 3.33. The van der Waals surface area contributed by atoms with Gasteiger partial charge < -0.3 is 5.73 Å². The van der Waals surface area contributed by atoms with Crippen molar-refractivity contribution in [1.29, 1.82) is 0 Å². The zero-order valence-corrected chi connectivity index (χ0v) is 8.31. The second kappa shape index (κ2) is 4.58. The van der Waals surface area contributed by atoms with E-state index in [2.05, 4.69) is 0 Å². The van der Waals surface area contributed by atoms with Gasteiger partial charge in [-0.15, -0.1) is 0 Å². The van der Waals surface area contributed by atoms with Crippen LogP contribution in [0.4, 0.5) is 4.39 Å². The first-order valence-corrected chi connectivity index (χ1v) is 4.67. The van der Waals surface area contributed by atoms with E-state index in [1.165, 1.54) is 6.07 Å². The second-order valence-electron chi connectivity index (χ2n) is 3.25. The van der Waals surface area contributed by atoms with Crippen molar-refractivity contribution in [2.75, 3.05) is 0 Å². The summed E-state index contributed by atoms with van der Waals surface area (Å²) in [4.78, 5) is 0. The lowest BCUT2D eigenvalue weighted by Gasteiger charge is -2.05. The Bertz CT molecular complexity index is 286. The van der Waals surface area contributed by atoms with E-state index >= 15 is 0 Å². The molecule has 0 aliphatic rings. The highest BCUT2D eigenvalue weighted by molar-refractivity contribution is 6.30. The van der Waals surface area contributed by atoms with E-state index in [9.17, 15) is 4.39 Å². The molecule has 0 spiro atoms. The Labute approximate surface area is 82.7 Å². The molecule has 0 aromatic heterocycles. The molecule has 0 fully saturated rings. The maximum atomic E-state index is 13.2. The molecule has 13 heavy (non-hydrogen) atoms. The van der Waals surface area contributed by atoms with Crippen LogP contribution in [-0.2, 0) is 6.42 Å². The van der Waals surface area contributed by atoms with Gasteiger partial charge in [0.05, 0.1) is 0 Å². The van der Waals surface area contributed by atoms with Gasteiger partial charge in [-0.1, -0.05) is 17.7 Å². The van der Waals surface area contributed by atoms with Crippen molar-refractivity contribution < 1.29 is 4.39 Å². The predicted octanol–water partition coefficient (Wildman–Crippen LogP) is 2.76. The Balaban J connectivity index is 2.67. The number of nitrogens with two attached hydrogens (primary N) is 1. The van der Waals surface area contributed by atoms with Crippen molar-refractivity contribution in [3.05, 3.63) is 34.6 Å². The van der Waals surface area contributed by atoms with Crippen LogP contribution >= 0.6 is 11.6 Å². The van der Waals surface area contributed by atoms with Crippen molar-refractivity contribution in [1.82, 2.24) is 0 Å². The van der Waals surface area contributed by atoms with Gasteiger partial charge in [-0.05, 0) is 37.5 Å². The Hall–Kier alpha value is -0.600. The molecule has 1 rings (SSSR count). The first kappa shape index (κ1) is 10.5. The maximum absolute atomic E-state index is 13.2. The standard InChI is InChI=1S/C10H13ClFN/c1-7(13)2-3-8-4-5-9(11)6-10(8)12/h4-7H,2-3,13H2,1H3/t7-/m1/s1. The summed E-state index contributed by atoms with van der Waals surface area (Å²) in [5.41, 5.74) is 6.25. The third-order valence-corrected chi connectivity index (χ3v) is 2.12. The highest BCUT2D eigenvalue weighted by Crippen LogP contribution is 2.16. The molecule has 0 saturated carbocycles. The third-order valence-electron chi connectivity index (χ3n) is 1.88. The predicted molar refractivity (Wildman–Crippen MR) is 53.4 cm³/mol. The molecule has 0 saturated heterocycles. The molecule has 1 aromatic carbocycles. The Kier molecular flexibility index (Phi) is 3.70. The van der Waals surface area contributed by atoms with Gasteiger partial charge in [0.15, 0.2) is 0 Å². The van der Waals surface area contributed by atoms with E-state index in [1.54, 1.807) is 12.1 Å². The van der Waals surface area contributed by atoms with Crippen molar-refractivity contribution in [2.24, 2.45) is 5.73 Å². The van der Waals surface area contributed by atoms with E-state index in [0.29, 0.717) is 17.0 Å². The number of aryl methyl sites for hydroxylation is 1. The molecule has 0 aliphatic heterocycles. The fraction of sp³-hybridized carbons (Fsp3) is 0.400. The number of hydrogen-bond donors (Lipinski definition) is 1. The molecular weight excluding hydrogens is 189 g/mol. The number of halogens is 2. The molecule has 0 unspecified atom stereocenters. The molecule has 0 radical (unpaired) electrons. The minimum Gasteiger partial charge on any atom is -0.328 e. The summed E-state index contributed by atoms with van der Waals surface area (Å²) in [6.45, 7) is 1.91. The van der Waals surface area contributed by atoms with Crippen molar-refractivity contribution in [3.8, 4) is 0 Å². The summed E-state index contributed by atoms with van der Waals surface area (Å²) in [5, 5.41) is 0.432. The molecule has 1 atom stereocenters. The average Bonchev–Trinajstić information content (AvgIpc) is 2.02. The fourth-order valence-electron chi connectivity index (χ4n) is 1.11. The van der Waals surface area contributed by atoms with Crippen LogP contribution in [0.3, 0.4) is 0 Å². The van der Waals surface area contributed by atoms with Crippen LogP contribution in [0.25, 0.3) is 0 Å². The van der Waals surface area contributed by atoms with Gasteiger partial charge in [0.25, 0.3) is 0 Å². The van der Waals surface area contributed by atoms with Gasteiger partial charge in [0.2, 0.25) is 0 Å². The number of hydrogen-bond acceptors (Lipinski definition) is 1. The molecule has 0 aliphatic carbocycles. The van der Waals surface area contributed by atoms with E-state index in [-0.39, 0.29) is 11.9 Å². The Morgan fingerprint density at radius 3 is 2.77 bits per heavy atom. The summed E-state index contributed by atoms with van der Waals surface area (Å²) < 4.78 is 13.2. The maximum Gasteiger partial charge on any atom is 0.127 e. The lowest BCUT2D eigenvalue weighted by molar-refractivity contribution is 0.590. The van der Waals surface area contributed by atoms with E-state index in [4.69, 9.17) is 17.3 Å². The fourth-order valence-corrected chi connectivity index (χ4v) is 1.27. The van der Waals surface area contributed by atoms with Gasteiger partial charge in [-0.3, -0.25) is 0 Å². The van der Waals surface area contributed by atoms with E-state index < -0.39 is 0 Å². The van der Waals surface area contributed by atoms with Gasteiger partial charge >= 0.3 is 0 Å². The minimum absolute atomic E-state index is 0.107. The smallest absolute Gasteiger partial charge is 0.127 e. The van der Waals surface area contributed by atoms with Gasteiger partial charge in [-0.2, -0.15) is 0 Å². The quantitative estimate of drug-likeness (QED) is 0.800. The molecule has 3 heteroatoms. The summed E-state index contributed by atoms with van der Waals surface area (Å²) >= 11 is 5.61. The van der Waals surface area contributed by atoms with Crippen LogP contribution < -0.4 is 5.73 Å². The number of benzene rings is 1. The van der Waals surface area contributed by atoms with Crippen LogP contribution in [0.5, 0.6) is 0 Å². The van der Waals surface area contributed by atoms with Crippen molar-refractivity contribution >= 4 is 11.6 Å². The van der Waals surface area contributed by atoms with Crippen LogP contribution in [-0.4, -0.2) is 6.04 Å². The Morgan fingerprint density at radius 2 is 2.23 bits per heavy atom. The van der Waals surface area contributed by atoms with Gasteiger partial charge in [0, 0.05) is 11.1 Å². The van der Waals surface area contributed by atoms with Crippen LogP contribution in [0.2, 0.25) is 5.02 Å².